The molecular formula is C14H17N5O. The van der Waals surface area contributed by atoms with E-state index in [1.54, 1.807) is 36.5 Å². The van der Waals surface area contributed by atoms with Gasteiger partial charge in [0.1, 0.15) is 5.82 Å². The van der Waals surface area contributed by atoms with Gasteiger partial charge in [0, 0.05) is 32.5 Å². The number of pyridine rings is 1. The van der Waals surface area contributed by atoms with Gasteiger partial charge in [0.25, 0.3) is 5.91 Å². The molecule has 0 saturated heterocycles. The molecule has 104 valence electrons. The highest BCUT2D eigenvalue weighted by Crippen LogP contribution is 2.07. The van der Waals surface area contributed by atoms with Crippen molar-refractivity contribution in [2.45, 2.75) is 13.5 Å². The molecule has 0 aliphatic carbocycles. The average Bonchev–Trinajstić information content (AvgIpc) is 2.48. The van der Waals surface area contributed by atoms with E-state index in [0.717, 1.165) is 12.1 Å². The largest absolute Gasteiger partial charge is 0.369 e. The molecule has 0 aromatic carbocycles. The Balaban J connectivity index is 2.03. The summed E-state index contributed by atoms with van der Waals surface area (Å²) in [7, 11) is 1.73. The molecule has 0 saturated carbocycles. The number of nitrogens with zero attached hydrogens (tertiary/aromatic N) is 4. The second kappa shape index (κ2) is 6.60. The van der Waals surface area contributed by atoms with E-state index in [1.807, 2.05) is 19.1 Å². The molecule has 0 aliphatic heterocycles. The number of anilines is 1. The Bertz CT molecular complexity index is 556. The minimum atomic E-state index is -0.163. The summed E-state index contributed by atoms with van der Waals surface area (Å²) >= 11 is 0. The number of hydrogen-bond donors (Lipinski definition) is 1. The number of carbonyl (C=O) groups is 1. The van der Waals surface area contributed by atoms with Gasteiger partial charge < -0.3 is 10.2 Å². The molecular weight excluding hydrogens is 254 g/mol. The van der Waals surface area contributed by atoms with Crippen molar-refractivity contribution in [2.24, 2.45) is 0 Å². The first-order valence-corrected chi connectivity index (χ1v) is 6.42. The molecule has 6 nitrogen and oxygen atoms in total. The molecule has 0 fully saturated rings. The van der Waals surface area contributed by atoms with E-state index < -0.39 is 0 Å². The molecule has 20 heavy (non-hydrogen) atoms. The molecule has 0 radical (unpaired) electrons. The van der Waals surface area contributed by atoms with Crippen LogP contribution in [0, 0.1) is 0 Å². The Morgan fingerprint density at radius 2 is 2.15 bits per heavy atom. The summed E-state index contributed by atoms with van der Waals surface area (Å²) in [6.45, 7) is 3.23. The summed E-state index contributed by atoms with van der Waals surface area (Å²) in [5.74, 6) is 0.503. The summed E-state index contributed by atoms with van der Waals surface area (Å²) in [6, 6.07) is 7.20. The van der Waals surface area contributed by atoms with Crippen LogP contribution < -0.4 is 5.32 Å². The molecule has 0 spiro atoms. The lowest BCUT2D eigenvalue weighted by Gasteiger charge is -2.16. The van der Waals surface area contributed by atoms with Crippen molar-refractivity contribution in [1.29, 1.82) is 0 Å². The topological polar surface area (TPSA) is 71.0 Å². The fraction of sp³-hybridized carbons (Fsp3) is 0.286. The Morgan fingerprint density at radius 3 is 2.75 bits per heavy atom. The van der Waals surface area contributed by atoms with Gasteiger partial charge in [-0.15, -0.1) is 10.2 Å². The summed E-state index contributed by atoms with van der Waals surface area (Å²) in [5.41, 5.74) is 1.30. The average molecular weight is 271 g/mol. The highest BCUT2D eigenvalue weighted by Gasteiger charge is 2.14. The van der Waals surface area contributed by atoms with Crippen LogP contribution in [-0.2, 0) is 6.54 Å². The second-order valence-corrected chi connectivity index (χ2v) is 4.36. The third-order valence-corrected chi connectivity index (χ3v) is 2.73. The highest BCUT2D eigenvalue weighted by atomic mass is 16.2. The Kier molecular flexibility index (Phi) is 4.60. The standard InChI is InChI=1S/C14H17N5O/c1-3-16-13-7-6-12(17-18-13)14(20)19(2)10-11-5-4-8-15-9-11/h4-9H,3,10H2,1-2H3,(H,16,18). The van der Waals surface area contributed by atoms with Gasteiger partial charge in [0.15, 0.2) is 5.69 Å². The molecule has 0 aliphatic rings. The van der Waals surface area contributed by atoms with E-state index in [2.05, 4.69) is 20.5 Å². The van der Waals surface area contributed by atoms with Gasteiger partial charge in [-0.3, -0.25) is 9.78 Å². The first-order chi connectivity index (χ1) is 9.70. The van der Waals surface area contributed by atoms with Crippen molar-refractivity contribution < 1.29 is 4.79 Å². The zero-order valence-corrected chi connectivity index (χ0v) is 11.6. The van der Waals surface area contributed by atoms with Gasteiger partial charge in [-0.05, 0) is 30.7 Å². The summed E-state index contributed by atoms with van der Waals surface area (Å²) < 4.78 is 0. The number of nitrogens with one attached hydrogen (secondary N) is 1. The predicted octanol–water partition coefficient (Wildman–Crippen LogP) is 1.58. The molecule has 2 rings (SSSR count). The zero-order valence-electron chi connectivity index (χ0n) is 11.6. The second-order valence-electron chi connectivity index (χ2n) is 4.36. The summed E-state index contributed by atoms with van der Waals surface area (Å²) in [4.78, 5) is 17.8. The molecule has 1 N–H and O–H groups in total. The minimum absolute atomic E-state index is 0.163. The normalized spacial score (nSPS) is 10.1. The maximum atomic E-state index is 12.2. The van der Waals surface area contributed by atoms with Crippen LogP contribution >= 0.6 is 0 Å². The molecule has 2 aromatic rings. The molecule has 0 atom stereocenters. The van der Waals surface area contributed by atoms with Crippen molar-refractivity contribution >= 4 is 11.7 Å². The Labute approximate surface area is 117 Å². The molecule has 0 bridgehead atoms. The Morgan fingerprint density at radius 1 is 1.30 bits per heavy atom. The maximum Gasteiger partial charge on any atom is 0.274 e. The van der Waals surface area contributed by atoms with Gasteiger partial charge in [-0.2, -0.15) is 0 Å². The van der Waals surface area contributed by atoms with Crippen LogP contribution in [0.5, 0.6) is 0 Å². The first kappa shape index (κ1) is 13.9. The zero-order chi connectivity index (χ0) is 14.4. The van der Waals surface area contributed by atoms with Crippen LogP contribution in [0.25, 0.3) is 0 Å². The SMILES string of the molecule is CCNc1ccc(C(=O)N(C)Cc2cccnc2)nn1. The molecule has 0 unspecified atom stereocenters. The van der Waals surface area contributed by atoms with Gasteiger partial charge in [0.05, 0.1) is 0 Å². The quantitative estimate of drug-likeness (QED) is 0.894. The van der Waals surface area contributed by atoms with Gasteiger partial charge in [-0.1, -0.05) is 6.07 Å². The van der Waals surface area contributed by atoms with E-state index in [0.29, 0.717) is 18.1 Å². The number of aromatic nitrogens is 3. The van der Waals surface area contributed by atoms with Gasteiger partial charge >= 0.3 is 0 Å². The van der Waals surface area contributed by atoms with Gasteiger partial charge in [-0.25, -0.2) is 0 Å². The minimum Gasteiger partial charge on any atom is -0.369 e. The third-order valence-electron chi connectivity index (χ3n) is 2.73. The summed E-state index contributed by atoms with van der Waals surface area (Å²) in [5, 5.41) is 10.9. The van der Waals surface area contributed by atoms with Gasteiger partial charge in [0.2, 0.25) is 0 Å². The monoisotopic (exact) mass is 271 g/mol. The van der Waals surface area contributed by atoms with Crippen molar-refractivity contribution in [1.82, 2.24) is 20.1 Å². The van der Waals surface area contributed by atoms with Crippen LogP contribution in [0.15, 0.2) is 36.7 Å². The summed E-state index contributed by atoms with van der Waals surface area (Å²) in [6.07, 6.45) is 3.44. The van der Waals surface area contributed by atoms with Crippen LogP contribution in [0.4, 0.5) is 5.82 Å². The smallest absolute Gasteiger partial charge is 0.274 e. The first-order valence-electron chi connectivity index (χ1n) is 6.42. The van der Waals surface area contributed by atoms with Crippen LogP contribution in [0.2, 0.25) is 0 Å². The van der Waals surface area contributed by atoms with E-state index in [9.17, 15) is 4.79 Å². The van der Waals surface area contributed by atoms with E-state index in [-0.39, 0.29) is 5.91 Å². The van der Waals surface area contributed by atoms with Crippen LogP contribution in [0.3, 0.4) is 0 Å². The van der Waals surface area contributed by atoms with Crippen LogP contribution in [0.1, 0.15) is 23.0 Å². The highest BCUT2D eigenvalue weighted by molar-refractivity contribution is 5.92. The number of carbonyl (C=O) groups excluding carboxylic acids is 1. The molecule has 6 heteroatoms. The lowest BCUT2D eigenvalue weighted by Crippen LogP contribution is -2.27. The van der Waals surface area contributed by atoms with Crippen LogP contribution in [-0.4, -0.2) is 39.6 Å². The lowest BCUT2D eigenvalue weighted by atomic mass is 10.2. The van der Waals surface area contributed by atoms with Crippen molar-refractivity contribution in [3.63, 3.8) is 0 Å². The number of amides is 1. The molecule has 2 heterocycles. The lowest BCUT2D eigenvalue weighted by molar-refractivity contribution is 0.0778. The van der Waals surface area contributed by atoms with E-state index >= 15 is 0 Å². The number of hydrogen-bond acceptors (Lipinski definition) is 5. The van der Waals surface area contributed by atoms with E-state index in [4.69, 9.17) is 0 Å². The molecule has 2 aromatic heterocycles. The van der Waals surface area contributed by atoms with E-state index in [1.165, 1.54) is 0 Å². The van der Waals surface area contributed by atoms with Crippen molar-refractivity contribution in [3.8, 4) is 0 Å². The third kappa shape index (κ3) is 3.50. The fourth-order valence-electron chi connectivity index (χ4n) is 1.75. The Hall–Kier alpha value is -2.50. The van der Waals surface area contributed by atoms with Crippen molar-refractivity contribution in [3.05, 3.63) is 47.9 Å². The fourth-order valence-corrected chi connectivity index (χ4v) is 1.75. The maximum absolute atomic E-state index is 12.2. The van der Waals surface area contributed by atoms with Crippen molar-refractivity contribution in [2.75, 3.05) is 18.9 Å². The number of rotatable bonds is 5. The predicted molar refractivity (Wildman–Crippen MR) is 76.2 cm³/mol. The molecule has 1 amide bonds.